The highest BCUT2D eigenvalue weighted by Crippen LogP contribution is 2.23. The number of benzene rings is 1. The average Bonchev–Trinajstić information content (AvgIpc) is 2.76. The number of aliphatic hydroxyl groups excluding tert-OH is 1. The van der Waals surface area contributed by atoms with Gasteiger partial charge in [-0.25, -0.2) is 9.37 Å². The number of hydrogen-bond donors (Lipinski definition) is 1. The van der Waals surface area contributed by atoms with Crippen LogP contribution >= 0.6 is 0 Å². The maximum absolute atomic E-state index is 13.2. The molecule has 1 heterocycles. The summed E-state index contributed by atoms with van der Waals surface area (Å²) >= 11 is 0. The molecule has 2 rings (SSSR count). The lowest BCUT2D eigenvalue weighted by molar-refractivity contribution is 0.198. The van der Waals surface area contributed by atoms with E-state index in [1.807, 2.05) is 17.7 Å². The van der Waals surface area contributed by atoms with Crippen molar-refractivity contribution >= 4 is 0 Å². The van der Waals surface area contributed by atoms with E-state index in [0.29, 0.717) is 5.56 Å². The summed E-state index contributed by atoms with van der Waals surface area (Å²) in [5.41, 5.74) is 1.34. The van der Waals surface area contributed by atoms with Crippen molar-refractivity contribution in [2.45, 2.75) is 26.4 Å². The molecule has 0 unspecified atom stereocenters. The van der Waals surface area contributed by atoms with Crippen molar-refractivity contribution in [1.29, 1.82) is 0 Å². The standard InChI is InChI=1S/C13H15FN2O/c1-3-13-15-6-7-16(13)12-5-4-10(14)8-11(12)9(2)17/h4-9,17H,3H2,1-2H3/t9-/m1/s1. The molecule has 0 aliphatic carbocycles. The van der Waals surface area contributed by atoms with Crippen LogP contribution in [0.4, 0.5) is 4.39 Å². The molecule has 17 heavy (non-hydrogen) atoms. The first-order chi connectivity index (χ1) is 8.13. The largest absolute Gasteiger partial charge is 0.389 e. The number of halogens is 1. The Morgan fingerprint density at radius 1 is 1.47 bits per heavy atom. The van der Waals surface area contributed by atoms with E-state index in [4.69, 9.17) is 0 Å². The summed E-state index contributed by atoms with van der Waals surface area (Å²) in [5.74, 6) is 0.543. The summed E-state index contributed by atoms with van der Waals surface area (Å²) in [6.45, 7) is 3.63. The van der Waals surface area contributed by atoms with Crippen LogP contribution in [0.25, 0.3) is 5.69 Å². The number of aryl methyl sites for hydroxylation is 1. The van der Waals surface area contributed by atoms with Crippen molar-refractivity contribution in [2.75, 3.05) is 0 Å². The summed E-state index contributed by atoms with van der Waals surface area (Å²) in [4.78, 5) is 4.22. The maximum atomic E-state index is 13.2. The minimum absolute atomic E-state index is 0.345. The van der Waals surface area contributed by atoms with Crippen molar-refractivity contribution in [3.8, 4) is 5.69 Å². The Kier molecular flexibility index (Phi) is 3.24. The predicted molar refractivity (Wildman–Crippen MR) is 63.5 cm³/mol. The molecule has 4 heteroatoms. The van der Waals surface area contributed by atoms with Crippen LogP contribution in [-0.4, -0.2) is 14.7 Å². The molecule has 0 radical (unpaired) electrons. The van der Waals surface area contributed by atoms with Crippen LogP contribution in [0.2, 0.25) is 0 Å². The number of imidazole rings is 1. The molecule has 2 aromatic rings. The Morgan fingerprint density at radius 3 is 2.88 bits per heavy atom. The highest BCUT2D eigenvalue weighted by molar-refractivity contribution is 5.43. The summed E-state index contributed by atoms with van der Waals surface area (Å²) in [6, 6.07) is 4.42. The third-order valence-electron chi connectivity index (χ3n) is 2.73. The first-order valence-corrected chi connectivity index (χ1v) is 5.63. The average molecular weight is 234 g/mol. The third-order valence-corrected chi connectivity index (χ3v) is 2.73. The molecular formula is C13H15FN2O. The van der Waals surface area contributed by atoms with Crippen molar-refractivity contribution in [2.24, 2.45) is 0 Å². The molecule has 0 aliphatic heterocycles. The fourth-order valence-corrected chi connectivity index (χ4v) is 1.89. The number of aliphatic hydroxyl groups is 1. The number of aromatic nitrogens is 2. The van der Waals surface area contributed by atoms with Gasteiger partial charge in [0.25, 0.3) is 0 Å². The van der Waals surface area contributed by atoms with Crippen LogP contribution in [0.1, 0.15) is 31.3 Å². The molecule has 0 saturated heterocycles. The second-order valence-electron chi connectivity index (χ2n) is 3.95. The Morgan fingerprint density at radius 2 is 2.24 bits per heavy atom. The van der Waals surface area contributed by atoms with Gasteiger partial charge in [-0.3, -0.25) is 0 Å². The van der Waals surface area contributed by atoms with Gasteiger partial charge in [0.1, 0.15) is 11.6 Å². The molecule has 90 valence electrons. The molecule has 1 atom stereocenters. The lowest BCUT2D eigenvalue weighted by atomic mass is 10.1. The Labute approximate surface area is 99.5 Å². The molecule has 0 amide bonds. The van der Waals surface area contributed by atoms with E-state index in [2.05, 4.69) is 4.98 Å². The molecule has 0 aliphatic rings. The first kappa shape index (κ1) is 11.8. The van der Waals surface area contributed by atoms with Gasteiger partial charge in [0.2, 0.25) is 0 Å². The first-order valence-electron chi connectivity index (χ1n) is 5.63. The zero-order valence-electron chi connectivity index (χ0n) is 9.89. The quantitative estimate of drug-likeness (QED) is 0.886. The van der Waals surface area contributed by atoms with Crippen LogP contribution in [-0.2, 0) is 6.42 Å². The van der Waals surface area contributed by atoms with Gasteiger partial charge in [-0.2, -0.15) is 0 Å². The van der Waals surface area contributed by atoms with E-state index in [9.17, 15) is 9.50 Å². The summed E-state index contributed by atoms with van der Waals surface area (Å²) < 4.78 is 15.1. The summed E-state index contributed by atoms with van der Waals surface area (Å²) in [7, 11) is 0. The van der Waals surface area contributed by atoms with Gasteiger partial charge in [0.15, 0.2) is 0 Å². The highest BCUT2D eigenvalue weighted by Gasteiger charge is 2.12. The molecule has 1 aromatic heterocycles. The molecule has 0 bridgehead atoms. The minimum Gasteiger partial charge on any atom is -0.389 e. The van der Waals surface area contributed by atoms with Crippen LogP contribution in [0, 0.1) is 5.82 Å². The summed E-state index contributed by atoms with van der Waals surface area (Å²) in [6.07, 6.45) is 3.59. The third kappa shape index (κ3) is 2.22. The lowest BCUT2D eigenvalue weighted by Gasteiger charge is -2.14. The lowest BCUT2D eigenvalue weighted by Crippen LogP contribution is -2.05. The molecular weight excluding hydrogens is 219 g/mol. The molecule has 0 fully saturated rings. The Balaban J connectivity index is 2.59. The topological polar surface area (TPSA) is 38.0 Å². The zero-order valence-corrected chi connectivity index (χ0v) is 9.89. The second kappa shape index (κ2) is 4.67. The second-order valence-corrected chi connectivity index (χ2v) is 3.95. The maximum Gasteiger partial charge on any atom is 0.123 e. The smallest absolute Gasteiger partial charge is 0.123 e. The Hall–Kier alpha value is -1.68. The van der Waals surface area contributed by atoms with Crippen molar-refractivity contribution in [3.63, 3.8) is 0 Å². The van der Waals surface area contributed by atoms with Crippen molar-refractivity contribution in [3.05, 3.63) is 47.8 Å². The van der Waals surface area contributed by atoms with Gasteiger partial charge >= 0.3 is 0 Å². The number of rotatable bonds is 3. The highest BCUT2D eigenvalue weighted by atomic mass is 19.1. The molecule has 1 N–H and O–H groups in total. The van der Waals surface area contributed by atoms with E-state index in [0.717, 1.165) is 17.9 Å². The van der Waals surface area contributed by atoms with Gasteiger partial charge in [-0.05, 0) is 25.1 Å². The molecule has 1 aromatic carbocycles. The molecule has 0 spiro atoms. The van der Waals surface area contributed by atoms with E-state index in [1.165, 1.54) is 12.1 Å². The fourth-order valence-electron chi connectivity index (χ4n) is 1.89. The fraction of sp³-hybridized carbons (Fsp3) is 0.308. The minimum atomic E-state index is -0.715. The van der Waals surface area contributed by atoms with Gasteiger partial charge < -0.3 is 9.67 Å². The Bertz CT molecular complexity index is 520. The summed E-state index contributed by atoms with van der Waals surface area (Å²) in [5, 5.41) is 9.69. The number of hydrogen-bond acceptors (Lipinski definition) is 2. The van der Waals surface area contributed by atoms with E-state index < -0.39 is 6.10 Å². The van der Waals surface area contributed by atoms with Gasteiger partial charge in [0, 0.05) is 24.4 Å². The van der Waals surface area contributed by atoms with Gasteiger partial charge in [-0.15, -0.1) is 0 Å². The zero-order chi connectivity index (χ0) is 12.4. The normalized spacial score (nSPS) is 12.7. The van der Waals surface area contributed by atoms with Crippen LogP contribution in [0.5, 0.6) is 0 Å². The number of nitrogens with zero attached hydrogens (tertiary/aromatic N) is 2. The monoisotopic (exact) mass is 234 g/mol. The molecule has 0 saturated carbocycles. The van der Waals surface area contributed by atoms with Crippen LogP contribution in [0.15, 0.2) is 30.6 Å². The van der Waals surface area contributed by atoms with Crippen LogP contribution < -0.4 is 0 Å². The van der Waals surface area contributed by atoms with E-state index in [-0.39, 0.29) is 5.82 Å². The predicted octanol–water partition coefficient (Wildman–Crippen LogP) is 2.63. The van der Waals surface area contributed by atoms with Gasteiger partial charge in [-0.1, -0.05) is 6.92 Å². The van der Waals surface area contributed by atoms with E-state index >= 15 is 0 Å². The SMILES string of the molecule is CCc1nccn1-c1ccc(F)cc1[C@@H](C)O. The van der Waals surface area contributed by atoms with Crippen molar-refractivity contribution in [1.82, 2.24) is 9.55 Å². The van der Waals surface area contributed by atoms with Crippen molar-refractivity contribution < 1.29 is 9.50 Å². The van der Waals surface area contributed by atoms with E-state index in [1.54, 1.807) is 19.2 Å². The van der Waals surface area contributed by atoms with Crippen LogP contribution in [0.3, 0.4) is 0 Å². The molecule has 3 nitrogen and oxygen atoms in total. The van der Waals surface area contributed by atoms with Gasteiger partial charge in [0.05, 0.1) is 11.8 Å².